The number of aliphatic hydroxyl groups excluding tert-OH is 2. The van der Waals surface area contributed by atoms with Crippen LogP contribution in [-0.2, 0) is 62.3 Å². The van der Waals surface area contributed by atoms with Crippen molar-refractivity contribution in [3.05, 3.63) is 0 Å². The maximum absolute atomic E-state index is 14.2. The first-order valence-corrected chi connectivity index (χ1v) is 26.7. The normalized spacial score (nSPS) is 16.3. The standard InChI is InChI=1S/C50H83N15O15/c1-27(2)14-30(17-32(68)20-57-46(76)35(18-39(52)69)62-48(78)37(25-67)64-43(73)29(5)16-31-19-54-26-59-31)50(80)65-13-9-11-38(65)49(79)63-34(15-28(3)4)45(75)58-22-41(71)55-21-40(70)56-23-42(72)60-36(24-66)47(77)61-33(44(74)53-6)10-7-8-12-51/h26-30,33-38,66-67H,7-25,51H2,1-6H3,(H2,52,69)(H,53,74)(H,55,71)(H,56,70)(H,57,76)(H,58,75)(H,60,72)(H,61,77)(H,62,78)(H,63,79)(H,64,73)/t29-,30+,33-,34-,35-,36-,37-,38-/m0/s1. The van der Waals surface area contributed by atoms with Crippen molar-refractivity contribution in [1.82, 2.24) is 58.1 Å². The Hall–Kier alpha value is -7.47. The van der Waals surface area contributed by atoms with Gasteiger partial charge in [0.2, 0.25) is 70.9 Å². The maximum Gasteiger partial charge on any atom is 0.245 e. The SMILES string of the molecule is CNC(=O)[C@H](CCCCN)NC(=O)[C@H](CO)NC(=O)CNC(=O)CNC(=O)CNC(=O)[C@H](CC(C)C)NC(=O)[C@@H]1CCCN1C(=O)[C@@H](CC(=O)CNC(=O)[C@H](CC(N)=O)NC(=O)[C@H](CO)NC(=O)[C@@H](C)CC1=NC=NC1)CC(C)C. The molecular formula is C50H83N15O15. The van der Waals surface area contributed by atoms with E-state index in [1.165, 1.54) is 18.3 Å². The summed E-state index contributed by atoms with van der Waals surface area (Å²) in [6.45, 7) is 5.47. The van der Waals surface area contributed by atoms with Crippen LogP contribution in [0.4, 0.5) is 0 Å². The molecule has 16 N–H and O–H groups in total. The van der Waals surface area contributed by atoms with Crippen molar-refractivity contribution in [3.8, 4) is 0 Å². The van der Waals surface area contributed by atoms with Gasteiger partial charge in [-0.05, 0) is 69.7 Å². The number of likely N-dealkylation sites (tertiary alicyclic amines) is 1. The van der Waals surface area contributed by atoms with E-state index < -0.39 is 171 Å². The molecule has 0 aromatic rings. The van der Waals surface area contributed by atoms with Crippen LogP contribution in [0.15, 0.2) is 9.98 Å². The highest BCUT2D eigenvalue weighted by atomic mass is 16.3. The second kappa shape index (κ2) is 35.9. The van der Waals surface area contributed by atoms with Crippen LogP contribution in [0.5, 0.6) is 0 Å². The van der Waals surface area contributed by atoms with E-state index in [0.717, 1.165) is 0 Å². The summed E-state index contributed by atoms with van der Waals surface area (Å²) in [7, 11) is 1.39. The summed E-state index contributed by atoms with van der Waals surface area (Å²) in [5.74, 6) is -11.8. The molecule has 2 aliphatic rings. The van der Waals surface area contributed by atoms with Crippen molar-refractivity contribution in [1.29, 1.82) is 0 Å². The predicted octanol–water partition coefficient (Wildman–Crippen LogP) is -6.22. The van der Waals surface area contributed by atoms with E-state index in [-0.39, 0.29) is 56.9 Å². The Morgan fingerprint density at radius 3 is 1.76 bits per heavy atom. The van der Waals surface area contributed by atoms with Crippen molar-refractivity contribution in [2.45, 2.75) is 135 Å². The summed E-state index contributed by atoms with van der Waals surface area (Å²) in [6, 6.07) is -7.73. The van der Waals surface area contributed by atoms with Gasteiger partial charge in [-0.15, -0.1) is 0 Å². The molecule has 0 spiro atoms. The van der Waals surface area contributed by atoms with Crippen LogP contribution in [0, 0.1) is 23.7 Å². The first-order chi connectivity index (χ1) is 37.8. The molecule has 2 aliphatic heterocycles. The number of hydrogen-bond acceptors (Lipinski definition) is 18. The number of carbonyl (C=O) groups excluding carboxylic acids is 13. The first kappa shape index (κ1) is 68.6. The van der Waals surface area contributed by atoms with Crippen molar-refractivity contribution in [2.24, 2.45) is 45.1 Å². The molecule has 448 valence electrons. The van der Waals surface area contributed by atoms with Crippen LogP contribution in [0.3, 0.4) is 0 Å². The Kier molecular flexibility index (Phi) is 30.8. The number of ketones is 1. The number of amides is 12. The van der Waals surface area contributed by atoms with Crippen LogP contribution < -0.4 is 64.6 Å². The zero-order valence-corrected chi connectivity index (χ0v) is 46.5. The van der Waals surface area contributed by atoms with Gasteiger partial charge in [-0.1, -0.05) is 34.6 Å². The van der Waals surface area contributed by atoms with Crippen molar-refractivity contribution >= 4 is 88.7 Å². The number of nitrogens with one attached hydrogen (secondary N) is 10. The van der Waals surface area contributed by atoms with E-state index in [2.05, 4.69) is 63.2 Å². The van der Waals surface area contributed by atoms with Gasteiger partial charge < -0.3 is 79.7 Å². The maximum atomic E-state index is 14.2. The molecule has 8 atom stereocenters. The number of aliphatic imine (C=N–C) groups is 2. The Morgan fingerprint density at radius 2 is 1.20 bits per heavy atom. The third kappa shape index (κ3) is 25.1. The van der Waals surface area contributed by atoms with Crippen LogP contribution in [0.25, 0.3) is 0 Å². The minimum atomic E-state index is -1.61. The highest BCUT2D eigenvalue weighted by Gasteiger charge is 2.40. The highest BCUT2D eigenvalue weighted by molar-refractivity contribution is 6.00. The van der Waals surface area contributed by atoms with Gasteiger partial charge >= 0.3 is 0 Å². The molecule has 30 heteroatoms. The lowest BCUT2D eigenvalue weighted by molar-refractivity contribution is -0.144. The minimum absolute atomic E-state index is 0.108. The number of nitrogens with two attached hydrogens (primary N) is 2. The number of nitrogens with zero attached hydrogens (tertiary/aromatic N) is 3. The van der Waals surface area contributed by atoms with Gasteiger partial charge in [0.1, 0.15) is 42.6 Å². The van der Waals surface area contributed by atoms with E-state index in [9.17, 15) is 72.5 Å². The van der Waals surface area contributed by atoms with Gasteiger partial charge in [0.15, 0.2) is 5.78 Å². The lowest BCUT2D eigenvalue weighted by Gasteiger charge is -2.30. The monoisotopic (exact) mass is 1130 g/mol. The lowest BCUT2D eigenvalue weighted by atomic mass is 9.90. The summed E-state index contributed by atoms with van der Waals surface area (Å²) in [5.41, 5.74) is 11.5. The largest absolute Gasteiger partial charge is 0.394 e. The molecule has 80 heavy (non-hydrogen) atoms. The van der Waals surface area contributed by atoms with Crippen LogP contribution in [-0.4, -0.2) is 206 Å². The molecule has 2 heterocycles. The number of Topliss-reactive ketones (excluding diaryl/α,β-unsaturated/α-hetero) is 1. The molecule has 0 radical (unpaired) electrons. The van der Waals surface area contributed by atoms with Gasteiger partial charge in [0.25, 0.3) is 0 Å². The molecule has 1 saturated heterocycles. The average molecular weight is 1130 g/mol. The molecule has 0 aromatic heterocycles. The van der Waals surface area contributed by atoms with E-state index >= 15 is 0 Å². The molecule has 0 aliphatic carbocycles. The van der Waals surface area contributed by atoms with E-state index in [1.807, 2.05) is 13.8 Å². The molecule has 0 saturated carbocycles. The third-order valence-corrected chi connectivity index (χ3v) is 12.6. The Morgan fingerprint density at radius 1 is 0.637 bits per heavy atom. The number of rotatable bonds is 37. The molecule has 0 unspecified atom stereocenters. The van der Waals surface area contributed by atoms with Crippen LogP contribution in [0.2, 0.25) is 0 Å². The molecule has 30 nitrogen and oxygen atoms in total. The quantitative estimate of drug-likeness (QED) is 0.0257. The van der Waals surface area contributed by atoms with Gasteiger partial charge in [0, 0.05) is 37.6 Å². The molecule has 0 bridgehead atoms. The van der Waals surface area contributed by atoms with E-state index in [4.69, 9.17) is 11.5 Å². The van der Waals surface area contributed by atoms with Crippen molar-refractivity contribution in [2.75, 3.05) is 66.1 Å². The number of hydrogen-bond donors (Lipinski definition) is 14. The number of likely N-dealkylation sites (N-methyl/N-ethyl adjacent to an activating group) is 1. The molecule has 2 rings (SSSR count). The van der Waals surface area contributed by atoms with E-state index in [0.29, 0.717) is 38.1 Å². The van der Waals surface area contributed by atoms with E-state index in [1.54, 1.807) is 20.8 Å². The molecule has 0 aromatic carbocycles. The summed E-state index contributed by atoms with van der Waals surface area (Å²) < 4.78 is 0. The highest BCUT2D eigenvalue weighted by Crippen LogP contribution is 2.26. The fourth-order valence-corrected chi connectivity index (χ4v) is 8.49. The fourth-order valence-electron chi connectivity index (χ4n) is 8.49. The molecule has 12 amide bonds. The first-order valence-electron chi connectivity index (χ1n) is 26.7. The van der Waals surface area contributed by atoms with Gasteiger partial charge in [-0.25, -0.2) is 4.99 Å². The predicted molar refractivity (Wildman–Crippen MR) is 288 cm³/mol. The molecule has 1 fully saturated rings. The van der Waals surface area contributed by atoms with Gasteiger partial charge in [0.05, 0.1) is 52.4 Å². The Bertz CT molecular complexity index is 2260. The number of carbonyl (C=O) groups is 13. The minimum Gasteiger partial charge on any atom is -0.394 e. The Balaban J connectivity index is 1.97. The topological polar surface area (TPSA) is 463 Å². The third-order valence-electron chi connectivity index (χ3n) is 12.6. The second-order valence-corrected chi connectivity index (χ2v) is 20.4. The smallest absolute Gasteiger partial charge is 0.245 e. The van der Waals surface area contributed by atoms with Gasteiger partial charge in [-0.3, -0.25) is 67.3 Å². The summed E-state index contributed by atoms with van der Waals surface area (Å²) >= 11 is 0. The number of primary amides is 1. The second-order valence-electron chi connectivity index (χ2n) is 20.4. The van der Waals surface area contributed by atoms with Gasteiger partial charge in [-0.2, -0.15) is 0 Å². The average Bonchev–Trinajstić information content (AvgIpc) is 4.13. The summed E-state index contributed by atoms with van der Waals surface area (Å²) in [5, 5.41) is 43.5. The summed E-state index contributed by atoms with van der Waals surface area (Å²) in [4.78, 5) is 178. The summed E-state index contributed by atoms with van der Waals surface area (Å²) in [6.07, 6.45) is 2.89. The number of aliphatic hydroxyl groups is 2. The van der Waals surface area contributed by atoms with Crippen molar-refractivity contribution < 1.29 is 72.5 Å². The van der Waals surface area contributed by atoms with Crippen LogP contribution in [0.1, 0.15) is 98.8 Å². The molecular weight excluding hydrogens is 1050 g/mol. The fraction of sp³-hybridized carbons (Fsp3) is 0.700. The van der Waals surface area contributed by atoms with Crippen molar-refractivity contribution in [3.63, 3.8) is 0 Å². The number of unbranched alkanes of at least 4 members (excludes halogenated alkanes) is 1. The Labute approximate surface area is 464 Å². The zero-order chi connectivity index (χ0) is 60.1. The van der Waals surface area contributed by atoms with Crippen LogP contribution >= 0.6 is 0 Å². The lowest BCUT2D eigenvalue weighted by Crippen LogP contribution is -2.56. The zero-order valence-electron chi connectivity index (χ0n) is 46.5.